The number of hydrogen-bond acceptors (Lipinski definition) is 5. The number of hydrogen-bond donors (Lipinski definition) is 3. The molecular formula is C22H31Cl2N3O2. The highest BCUT2D eigenvalue weighted by atomic mass is 35.5. The molecule has 0 aliphatic heterocycles. The topological polar surface area (TPSA) is 80.4 Å². The summed E-state index contributed by atoms with van der Waals surface area (Å²) in [5, 5.41) is 14.2. The van der Waals surface area contributed by atoms with Crippen LogP contribution in [0.5, 0.6) is 0 Å². The van der Waals surface area contributed by atoms with Crippen molar-refractivity contribution in [2.45, 2.75) is 44.6 Å². The highest BCUT2D eigenvalue weighted by Gasteiger charge is 2.11. The second kappa shape index (κ2) is 13.8. The summed E-state index contributed by atoms with van der Waals surface area (Å²) in [4.78, 5) is 4.11. The van der Waals surface area contributed by atoms with Gasteiger partial charge < -0.3 is 20.9 Å². The van der Waals surface area contributed by atoms with Gasteiger partial charge in [0.05, 0.1) is 21.8 Å². The summed E-state index contributed by atoms with van der Waals surface area (Å²) in [6, 6.07) is 7.38. The Morgan fingerprint density at radius 2 is 1.79 bits per heavy atom. The number of halogens is 2. The van der Waals surface area contributed by atoms with Gasteiger partial charge in [0.2, 0.25) is 0 Å². The van der Waals surface area contributed by atoms with Gasteiger partial charge in [-0.2, -0.15) is 0 Å². The summed E-state index contributed by atoms with van der Waals surface area (Å²) in [6.07, 6.45) is 9.52. The van der Waals surface area contributed by atoms with Crippen molar-refractivity contribution >= 4 is 28.9 Å². The van der Waals surface area contributed by atoms with E-state index in [2.05, 4.69) is 16.4 Å². The van der Waals surface area contributed by atoms with Gasteiger partial charge in [0, 0.05) is 32.2 Å². The molecule has 7 heteroatoms. The van der Waals surface area contributed by atoms with Crippen LogP contribution in [-0.4, -0.2) is 36.4 Å². The molecule has 0 amide bonds. The monoisotopic (exact) mass is 439 g/mol. The second-order valence-corrected chi connectivity index (χ2v) is 7.92. The van der Waals surface area contributed by atoms with E-state index in [0.717, 1.165) is 58.3 Å². The summed E-state index contributed by atoms with van der Waals surface area (Å²) in [7, 11) is 0. The van der Waals surface area contributed by atoms with Crippen molar-refractivity contribution in [1.82, 2.24) is 10.3 Å². The molecule has 1 aromatic heterocycles. The lowest BCUT2D eigenvalue weighted by Crippen LogP contribution is -2.22. The van der Waals surface area contributed by atoms with Crippen molar-refractivity contribution in [2.75, 3.05) is 32.0 Å². The van der Waals surface area contributed by atoms with Crippen LogP contribution in [0.15, 0.2) is 36.7 Å². The minimum Gasteiger partial charge on any atom is -0.396 e. The maximum Gasteiger partial charge on any atom is 0.0915 e. The molecule has 5 nitrogen and oxygen atoms in total. The van der Waals surface area contributed by atoms with Gasteiger partial charge in [0.1, 0.15) is 0 Å². The number of aromatic nitrogens is 1. The first-order chi connectivity index (χ1) is 14.1. The number of anilines is 1. The van der Waals surface area contributed by atoms with E-state index in [1.165, 1.54) is 5.56 Å². The number of benzene rings is 1. The van der Waals surface area contributed by atoms with Crippen molar-refractivity contribution in [3.8, 4) is 0 Å². The van der Waals surface area contributed by atoms with Gasteiger partial charge in [-0.05, 0) is 61.6 Å². The van der Waals surface area contributed by atoms with Crippen LogP contribution in [0.3, 0.4) is 0 Å². The van der Waals surface area contributed by atoms with Gasteiger partial charge in [-0.1, -0.05) is 42.1 Å². The largest absolute Gasteiger partial charge is 0.396 e. The number of rotatable bonds is 14. The molecule has 1 unspecified atom stereocenters. The molecule has 4 N–H and O–H groups in total. The molecule has 0 radical (unpaired) electrons. The molecule has 1 heterocycles. The zero-order chi connectivity index (χ0) is 20.9. The number of aliphatic hydroxyl groups excluding tert-OH is 1. The van der Waals surface area contributed by atoms with E-state index in [1.807, 2.05) is 12.3 Å². The van der Waals surface area contributed by atoms with Crippen LogP contribution in [0.1, 0.15) is 49.3 Å². The van der Waals surface area contributed by atoms with Crippen molar-refractivity contribution in [1.29, 1.82) is 0 Å². The van der Waals surface area contributed by atoms with Crippen molar-refractivity contribution < 1.29 is 9.84 Å². The molecule has 29 heavy (non-hydrogen) atoms. The Labute approximate surface area is 183 Å². The predicted octanol–water partition coefficient (Wildman–Crippen LogP) is 4.80. The molecule has 1 atom stereocenters. The summed E-state index contributed by atoms with van der Waals surface area (Å²) < 4.78 is 5.69. The van der Waals surface area contributed by atoms with E-state index in [1.54, 1.807) is 18.3 Å². The lowest BCUT2D eigenvalue weighted by Gasteiger charge is -2.14. The van der Waals surface area contributed by atoms with Crippen molar-refractivity contribution in [2.24, 2.45) is 0 Å². The molecule has 0 fully saturated rings. The first-order valence-electron chi connectivity index (χ1n) is 10.2. The van der Waals surface area contributed by atoms with E-state index >= 15 is 0 Å². The maximum absolute atomic E-state index is 10.2. The minimum atomic E-state index is -0.661. The van der Waals surface area contributed by atoms with Crippen LogP contribution in [0, 0.1) is 0 Å². The number of nitrogens with two attached hydrogens (primary N) is 1. The Morgan fingerprint density at radius 1 is 1.07 bits per heavy atom. The number of nitrogens with zero attached hydrogens (tertiary/aromatic N) is 1. The lowest BCUT2D eigenvalue weighted by atomic mass is 10.1. The average Bonchev–Trinajstić information content (AvgIpc) is 2.73. The zero-order valence-electron chi connectivity index (χ0n) is 16.7. The second-order valence-electron chi connectivity index (χ2n) is 7.11. The van der Waals surface area contributed by atoms with Crippen LogP contribution in [0.2, 0.25) is 10.0 Å². The quantitative estimate of drug-likeness (QED) is 0.290. The number of aliphatic hydroxyl groups is 1. The number of pyridine rings is 1. The van der Waals surface area contributed by atoms with E-state index in [4.69, 9.17) is 33.7 Å². The van der Waals surface area contributed by atoms with Crippen LogP contribution < -0.4 is 11.1 Å². The van der Waals surface area contributed by atoms with Crippen molar-refractivity contribution in [3.05, 3.63) is 57.8 Å². The third-order valence-electron chi connectivity index (χ3n) is 4.69. The summed E-state index contributed by atoms with van der Waals surface area (Å²) in [5.41, 5.74) is 7.99. The fourth-order valence-electron chi connectivity index (χ4n) is 2.99. The molecule has 2 rings (SSSR count). The molecular weight excluding hydrogens is 409 g/mol. The highest BCUT2D eigenvalue weighted by molar-refractivity contribution is 6.38. The summed E-state index contributed by atoms with van der Waals surface area (Å²) in [5.74, 6) is 0. The van der Waals surface area contributed by atoms with E-state index < -0.39 is 6.10 Å². The van der Waals surface area contributed by atoms with E-state index in [9.17, 15) is 5.11 Å². The number of unbranched alkanes of at least 4 members (excludes halogenated alkanes) is 3. The molecule has 0 saturated carbocycles. The summed E-state index contributed by atoms with van der Waals surface area (Å²) in [6.45, 7) is 2.93. The highest BCUT2D eigenvalue weighted by Crippen LogP contribution is 2.31. The van der Waals surface area contributed by atoms with Crippen LogP contribution in [0.4, 0.5) is 5.69 Å². The van der Waals surface area contributed by atoms with E-state index in [0.29, 0.717) is 27.8 Å². The molecule has 0 aliphatic rings. The van der Waals surface area contributed by atoms with Crippen LogP contribution in [0.25, 0.3) is 0 Å². The van der Waals surface area contributed by atoms with Gasteiger partial charge in [-0.25, -0.2) is 0 Å². The van der Waals surface area contributed by atoms with Crippen molar-refractivity contribution in [3.63, 3.8) is 0 Å². The van der Waals surface area contributed by atoms with Gasteiger partial charge >= 0.3 is 0 Å². The summed E-state index contributed by atoms with van der Waals surface area (Å²) >= 11 is 12.0. The van der Waals surface area contributed by atoms with Gasteiger partial charge in [0.25, 0.3) is 0 Å². The first-order valence-corrected chi connectivity index (χ1v) is 10.9. The fraction of sp³-hybridized carbons (Fsp3) is 0.500. The van der Waals surface area contributed by atoms with E-state index in [-0.39, 0.29) is 0 Å². The third kappa shape index (κ3) is 9.32. The molecule has 160 valence electrons. The number of nitrogen functional groups attached to an aromatic ring is 1. The number of nitrogens with one attached hydrogen (secondary N) is 1. The molecule has 0 saturated heterocycles. The fourth-order valence-corrected chi connectivity index (χ4v) is 3.49. The Balaban J connectivity index is 1.42. The zero-order valence-corrected chi connectivity index (χ0v) is 18.3. The lowest BCUT2D eigenvalue weighted by molar-refractivity contribution is 0.127. The molecule has 1 aromatic carbocycles. The normalized spacial score (nSPS) is 12.2. The number of ether oxygens (including phenoxy) is 1. The minimum absolute atomic E-state index is 0.342. The molecule has 0 spiro atoms. The van der Waals surface area contributed by atoms with Gasteiger partial charge in [0.15, 0.2) is 0 Å². The Morgan fingerprint density at radius 3 is 2.52 bits per heavy atom. The maximum atomic E-state index is 10.2. The Hall–Kier alpha value is -1.37. The van der Waals surface area contributed by atoms with Crippen LogP contribution >= 0.6 is 23.2 Å². The Bertz CT molecular complexity index is 693. The Kier molecular flexibility index (Phi) is 11.4. The predicted molar refractivity (Wildman–Crippen MR) is 121 cm³/mol. The van der Waals surface area contributed by atoms with Gasteiger partial charge in [-0.3, -0.25) is 4.98 Å². The number of aryl methyl sites for hydroxylation is 1. The third-order valence-corrected chi connectivity index (χ3v) is 5.32. The van der Waals surface area contributed by atoms with Gasteiger partial charge in [-0.15, -0.1) is 0 Å². The molecule has 0 bridgehead atoms. The standard InChI is InChI=1S/C22H31Cl2N3O2/c23-19-13-18(14-20(24)22(19)25)21(28)16-27-9-3-1-2-4-11-29-12-6-8-17-7-5-10-26-15-17/h5,7,10,13-15,21,27-28H,1-4,6,8-9,11-12,16,25H2. The molecule has 2 aromatic rings. The first kappa shape index (κ1) is 23.9. The SMILES string of the molecule is Nc1c(Cl)cc(C(O)CNCCCCCCOCCCc2cccnc2)cc1Cl. The molecule has 0 aliphatic carbocycles. The smallest absolute Gasteiger partial charge is 0.0915 e. The average molecular weight is 440 g/mol. The van der Waals surface area contributed by atoms with Crippen LogP contribution in [-0.2, 0) is 11.2 Å².